The largest absolute Gasteiger partial charge is 0.383 e. The number of methoxy groups -OCH3 is 1. The van der Waals surface area contributed by atoms with Crippen LogP contribution in [-0.2, 0) is 21.2 Å². The summed E-state index contributed by atoms with van der Waals surface area (Å²) in [6, 6.07) is 12.1. The number of nitrogens with one attached hydrogen (secondary N) is 3. The number of sulfonamides is 1. The van der Waals surface area contributed by atoms with Crippen molar-refractivity contribution in [3.05, 3.63) is 53.6 Å². The Morgan fingerprint density at radius 3 is 2.50 bits per heavy atom. The zero-order valence-corrected chi connectivity index (χ0v) is 19.5. The van der Waals surface area contributed by atoms with E-state index < -0.39 is 10.0 Å². The molecule has 0 aromatic heterocycles. The van der Waals surface area contributed by atoms with Crippen molar-refractivity contribution < 1.29 is 17.9 Å². The third-order valence-corrected chi connectivity index (χ3v) is 6.71. The van der Waals surface area contributed by atoms with E-state index >= 15 is 0 Å². The van der Waals surface area contributed by atoms with Gasteiger partial charge in [-0.1, -0.05) is 25.5 Å². The second-order valence-corrected chi connectivity index (χ2v) is 9.40. The molecule has 9 heteroatoms. The maximum Gasteiger partial charge on any atom is 0.261 e. The second-order valence-electron chi connectivity index (χ2n) is 7.72. The SMILES string of the molecule is CCCc1ccc(S(=O)(=O)Nc2cc(C(=O)NCCOC)ccc2N2CCNCC2)cc1. The van der Waals surface area contributed by atoms with Gasteiger partial charge in [0.1, 0.15) is 0 Å². The summed E-state index contributed by atoms with van der Waals surface area (Å²) in [4.78, 5) is 14.8. The summed E-state index contributed by atoms with van der Waals surface area (Å²) in [5.74, 6) is -0.279. The first kappa shape index (κ1) is 24.0. The number of hydrogen-bond acceptors (Lipinski definition) is 6. The first-order chi connectivity index (χ1) is 15.4. The Labute approximate surface area is 190 Å². The first-order valence-corrected chi connectivity index (χ1v) is 12.4. The van der Waals surface area contributed by atoms with Gasteiger partial charge >= 0.3 is 0 Å². The van der Waals surface area contributed by atoms with Crippen molar-refractivity contribution in [3.8, 4) is 0 Å². The Morgan fingerprint density at radius 1 is 1.12 bits per heavy atom. The highest BCUT2D eigenvalue weighted by atomic mass is 32.2. The highest BCUT2D eigenvalue weighted by molar-refractivity contribution is 7.92. The third kappa shape index (κ3) is 6.21. The van der Waals surface area contributed by atoms with Crippen LogP contribution in [0.3, 0.4) is 0 Å². The Kier molecular flexibility index (Phi) is 8.49. The van der Waals surface area contributed by atoms with E-state index in [1.807, 2.05) is 12.1 Å². The summed E-state index contributed by atoms with van der Waals surface area (Å²) >= 11 is 0. The summed E-state index contributed by atoms with van der Waals surface area (Å²) < 4.78 is 34.0. The molecule has 0 atom stereocenters. The fourth-order valence-electron chi connectivity index (χ4n) is 3.64. The van der Waals surface area contributed by atoms with Crippen LogP contribution in [0.15, 0.2) is 47.4 Å². The molecule has 1 heterocycles. The lowest BCUT2D eigenvalue weighted by Crippen LogP contribution is -2.43. The van der Waals surface area contributed by atoms with Crippen LogP contribution in [0, 0.1) is 0 Å². The van der Waals surface area contributed by atoms with Crippen LogP contribution in [0.25, 0.3) is 0 Å². The highest BCUT2D eigenvalue weighted by Crippen LogP contribution is 2.30. The number of carbonyl (C=O) groups excluding carboxylic acids is 1. The number of piperazine rings is 1. The van der Waals surface area contributed by atoms with Crippen LogP contribution in [0.2, 0.25) is 0 Å². The van der Waals surface area contributed by atoms with Gasteiger partial charge in [-0.25, -0.2) is 8.42 Å². The molecule has 3 rings (SSSR count). The van der Waals surface area contributed by atoms with Gasteiger partial charge in [0.25, 0.3) is 15.9 Å². The van der Waals surface area contributed by atoms with Gasteiger partial charge in [-0.15, -0.1) is 0 Å². The molecule has 3 N–H and O–H groups in total. The van der Waals surface area contributed by atoms with Crippen LogP contribution < -0.4 is 20.3 Å². The zero-order chi connectivity index (χ0) is 23.0. The van der Waals surface area contributed by atoms with E-state index in [2.05, 4.69) is 27.2 Å². The van der Waals surface area contributed by atoms with Gasteiger partial charge < -0.3 is 20.3 Å². The van der Waals surface area contributed by atoms with Crippen LogP contribution >= 0.6 is 0 Å². The fraction of sp³-hybridized carbons (Fsp3) is 0.435. The lowest BCUT2D eigenvalue weighted by atomic mass is 10.1. The van der Waals surface area contributed by atoms with Gasteiger partial charge in [0.2, 0.25) is 0 Å². The van der Waals surface area contributed by atoms with Crippen molar-refractivity contribution in [2.75, 3.05) is 56.1 Å². The van der Waals surface area contributed by atoms with Crippen LogP contribution in [0.5, 0.6) is 0 Å². The predicted octanol–water partition coefficient (Wildman–Crippen LogP) is 2.23. The molecule has 174 valence electrons. The van der Waals surface area contributed by atoms with E-state index in [9.17, 15) is 13.2 Å². The second kappa shape index (κ2) is 11.3. The van der Waals surface area contributed by atoms with Crippen molar-refractivity contribution in [2.24, 2.45) is 0 Å². The lowest BCUT2D eigenvalue weighted by molar-refractivity contribution is 0.0937. The van der Waals surface area contributed by atoms with E-state index in [0.29, 0.717) is 24.4 Å². The van der Waals surface area contributed by atoms with Crippen LogP contribution in [-0.4, -0.2) is 60.8 Å². The molecule has 0 unspecified atom stereocenters. The maximum atomic E-state index is 13.1. The number of rotatable bonds is 10. The van der Waals surface area contributed by atoms with Gasteiger partial charge in [0.15, 0.2) is 0 Å². The molecule has 2 aromatic rings. The number of aryl methyl sites for hydroxylation is 1. The van der Waals surface area contributed by atoms with E-state index in [1.54, 1.807) is 37.4 Å². The normalized spacial score (nSPS) is 14.2. The van der Waals surface area contributed by atoms with Gasteiger partial charge in [0.05, 0.1) is 22.9 Å². The Bertz CT molecular complexity index is 1000. The summed E-state index contributed by atoms with van der Waals surface area (Å²) in [6.07, 6.45) is 1.90. The minimum absolute atomic E-state index is 0.193. The molecule has 2 aromatic carbocycles. The standard InChI is InChI=1S/C23H32N4O4S/c1-3-4-18-5-8-20(9-6-18)32(29,30)26-21-17-19(23(28)25-13-16-31-2)7-10-22(21)27-14-11-24-12-15-27/h5-10,17,24,26H,3-4,11-16H2,1-2H3,(H,25,28). The number of nitrogens with zero attached hydrogens (tertiary/aromatic N) is 1. The first-order valence-electron chi connectivity index (χ1n) is 10.9. The molecule has 0 saturated carbocycles. The summed E-state index contributed by atoms with van der Waals surface area (Å²) in [5, 5.41) is 6.07. The van der Waals surface area contributed by atoms with Crippen LogP contribution in [0.4, 0.5) is 11.4 Å². The number of anilines is 2. The van der Waals surface area contributed by atoms with Gasteiger partial charge in [-0.3, -0.25) is 9.52 Å². The summed E-state index contributed by atoms with van der Waals surface area (Å²) in [5.41, 5.74) is 2.63. The van der Waals surface area contributed by atoms with Crippen molar-refractivity contribution in [1.29, 1.82) is 0 Å². The maximum absolute atomic E-state index is 13.1. The van der Waals surface area contributed by atoms with Crippen molar-refractivity contribution in [2.45, 2.75) is 24.7 Å². The minimum atomic E-state index is -3.81. The molecule has 0 bridgehead atoms. The van der Waals surface area contributed by atoms with E-state index in [0.717, 1.165) is 50.3 Å². The zero-order valence-electron chi connectivity index (χ0n) is 18.7. The lowest BCUT2D eigenvalue weighted by Gasteiger charge is -2.31. The highest BCUT2D eigenvalue weighted by Gasteiger charge is 2.21. The molecule has 0 aliphatic carbocycles. The van der Waals surface area contributed by atoms with Crippen molar-refractivity contribution in [1.82, 2.24) is 10.6 Å². The summed E-state index contributed by atoms with van der Waals surface area (Å²) in [6.45, 7) is 5.98. The molecule has 1 aliphatic rings. The monoisotopic (exact) mass is 460 g/mol. The van der Waals surface area contributed by atoms with Gasteiger partial charge in [-0.05, 0) is 42.3 Å². The number of carbonyl (C=O) groups is 1. The third-order valence-electron chi connectivity index (χ3n) is 5.32. The quantitative estimate of drug-likeness (QED) is 0.470. The number of benzene rings is 2. The molecule has 1 amide bonds. The minimum Gasteiger partial charge on any atom is -0.383 e. The van der Waals surface area contributed by atoms with E-state index in [1.165, 1.54) is 0 Å². The molecule has 0 radical (unpaired) electrons. The molecule has 1 saturated heterocycles. The Morgan fingerprint density at radius 2 is 1.84 bits per heavy atom. The average Bonchev–Trinajstić information content (AvgIpc) is 2.80. The van der Waals surface area contributed by atoms with Crippen molar-refractivity contribution >= 4 is 27.3 Å². The number of hydrogen-bond donors (Lipinski definition) is 3. The van der Waals surface area contributed by atoms with Gasteiger partial charge in [0, 0.05) is 45.4 Å². The molecule has 0 spiro atoms. The van der Waals surface area contributed by atoms with Gasteiger partial charge in [-0.2, -0.15) is 0 Å². The molecule has 32 heavy (non-hydrogen) atoms. The predicted molar refractivity (Wildman–Crippen MR) is 127 cm³/mol. The molecular weight excluding hydrogens is 428 g/mol. The molecule has 1 fully saturated rings. The van der Waals surface area contributed by atoms with Crippen LogP contribution in [0.1, 0.15) is 29.3 Å². The smallest absolute Gasteiger partial charge is 0.261 e. The van der Waals surface area contributed by atoms with E-state index in [-0.39, 0.29) is 10.8 Å². The Balaban J connectivity index is 1.89. The summed E-state index contributed by atoms with van der Waals surface area (Å²) in [7, 11) is -2.25. The van der Waals surface area contributed by atoms with Crippen molar-refractivity contribution in [3.63, 3.8) is 0 Å². The fourth-order valence-corrected chi connectivity index (χ4v) is 4.70. The number of ether oxygens (including phenoxy) is 1. The topological polar surface area (TPSA) is 99.8 Å². The molecule has 1 aliphatic heterocycles. The average molecular weight is 461 g/mol. The molecular formula is C23H32N4O4S. The Hall–Kier alpha value is -2.62. The van der Waals surface area contributed by atoms with E-state index in [4.69, 9.17) is 4.74 Å². The molecule has 8 nitrogen and oxygen atoms in total. The number of amides is 1.